The van der Waals surface area contributed by atoms with Crippen molar-refractivity contribution >= 4 is 27.6 Å². The van der Waals surface area contributed by atoms with Crippen LogP contribution < -0.4 is 0 Å². The zero-order valence-electron chi connectivity index (χ0n) is 10.2. The van der Waals surface area contributed by atoms with E-state index in [1.165, 1.54) is 13.8 Å². The Hall–Kier alpha value is -0.730. The predicted octanol–water partition coefficient (Wildman–Crippen LogP) is 2.78. The summed E-state index contributed by atoms with van der Waals surface area (Å²) in [7, 11) is 0. The minimum atomic E-state index is -5.98. The van der Waals surface area contributed by atoms with Gasteiger partial charge in [-0.25, -0.2) is 0 Å². The van der Waals surface area contributed by atoms with E-state index in [1.54, 1.807) is 0 Å². The maximum Gasteiger partial charge on any atom is 0.463 e. The van der Waals surface area contributed by atoms with Crippen LogP contribution in [-0.4, -0.2) is 46.6 Å². The molecule has 0 aromatic carbocycles. The zero-order valence-corrected chi connectivity index (χ0v) is 11.8. The maximum atomic E-state index is 13.0. The molecule has 1 amide bonds. The Morgan fingerprint density at radius 2 is 1.68 bits per heavy atom. The molecule has 0 saturated heterocycles. The minimum Gasteiger partial charge on any atom is -0.327 e. The molecule has 1 unspecified atom stereocenters. The van der Waals surface area contributed by atoms with Crippen LogP contribution in [-0.2, 0) is 9.59 Å². The predicted molar refractivity (Wildman–Crippen MR) is 61.3 cm³/mol. The number of Topliss-reactive ketones (excluding diaryl/α,β-unsaturated/α-hetero) is 1. The molecule has 1 atom stereocenters. The fraction of sp³-hybridized carbons (Fsp3) is 0.800. The van der Waals surface area contributed by atoms with Gasteiger partial charge in [-0.1, -0.05) is 22.9 Å². The van der Waals surface area contributed by atoms with E-state index in [-0.39, 0.29) is 16.7 Å². The van der Waals surface area contributed by atoms with Gasteiger partial charge in [-0.15, -0.1) is 0 Å². The van der Waals surface area contributed by atoms with Gasteiger partial charge in [-0.05, 0) is 13.3 Å². The van der Waals surface area contributed by atoms with E-state index in [9.17, 15) is 31.5 Å². The molecule has 0 rings (SSSR count). The molecule has 112 valence electrons. The molecule has 0 aliphatic carbocycles. The average molecular weight is 354 g/mol. The van der Waals surface area contributed by atoms with Gasteiger partial charge in [0.1, 0.15) is 0 Å². The first kappa shape index (κ1) is 18.3. The highest BCUT2D eigenvalue weighted by atomic mass is 79.9. The Bertz CT molecular complexity index is 345. The maximum absolute atomic E-state index is 13.0. The van der Waals surface area contributed by atoms with E-state index < -0.39 is 36.4 Å². The molecule has 0 heterocycles. The second-order valence-corrected chi connectivity index (χ2v) is 4.50. The number of hydrogen-bond donors (Lipinski definition) is 0. The van der Waals surface area contributed by atoms with Crippen molar-refractivity contribution in [3.63, 3.8) is 0 Å². The van der Waals surface area contributed by atoms with Gasteiger partial charge in [-0.3, -0.25) is 9.59 Å². The van der Waals surface area contributed by atoms with Gasteiger partial charge in [0.05, 0.1) is 11.9 Å². The monoisotopic (exact) mass is 353 g/mol. The highest BCUT2D eigenvalue weighted by Crippen LogP contribution is 2.37. The number of rotatable bonds is 6. The number of carbonyl (C=O) groups is 2. The molecule has 0 aliphatic rings. The molecule has 0 bridgehead atoms. The van der Waals surface area contributed by atoms with E-state index in [4.69, 9.17) is 0 Å². The molecule has 0 radical (unpaired) electrons. The standard InChI is InChI=1S/C10H13BrF5NO2/c1-3-6(2)17(5-7(18)4-11)8(19)9(12,13)10(14,15)16/h6H,3-5H2,1-2H3. The third-order valence-corrected chi connectivity index (χ3v) is 3.13. The van der Waals surface area contributed by atoms with Crippen LogP contribution in [0.25, 0.3) is 0 Å². The van der Waals surface area contributed by atoms with Gasteiger partial charge in [0.15, 0.2) is 5.78 Å². The lowest BCUT2D eigenvalue weighted by Gasteiger charge is -2.31. The molecule has 3 nitrogen and oxygen atoms in total. The summed E-state index contributed by atoms with van der Waals surface area (Å²) in [5, 5.41) is -0.231. The van der Waals surface area contributed by atoms with Gasteiger partial charge < -0.3 is 4.90 Å². The molecule has 0 fully saturated rings. The van der Waals surface area contributed by atoms with Crippen molar-refractivity contribution in [3.8, 4) is 0 Å². The van der Waals surface area contributed by atoms with Crippen LogP contribution in [0.5, 0.6) is 0 Å². The summed E-state index contributed by atoms with van der Waals surface area (Å²) >= 11 is 2.76. The zero-order chi connectivity index (χ0) is 15.4. The number of nitrogens with zero attached hydrogens (tertiary/aromatic N) is 1. The number of halogens is 6. The van der Waals surface area contributed by atoms with Crippen LogP contribution in [0.15, 0.2) is 0 Å². The Kier molecular flexibility index (Phi) is 6.37. The number of ketones is 1. The molecule has 0 aromatic rings. The highest BCUT2D eigenvalue weighted by Gasteiger charge is 2.65. The summed E-state index contributed by atoms with van der Waals surface area (Å²) in [6, 6.07) is -0.899. The fourth-order valence-corrected chi connectivity index (χ4v) is 1.36. The van der Waals surface area contributed by atoms with Crippen LogP contribution in [0.3, 0.4) is 0 Å². The quantitative estimate of drug-likeness (QED) is 0.544. The first-order chi connectivity index (χ1) is 8.48. The SMILES string of the molecule is CCC(C)N(CC(=O)CBr)C(=O)C(F)(F)C(F)(F)F. The summed E-state index contributed by atoms with van der Waals surface area (Å²) in [5.41, 5.74) is 0. The third-order valence-electron chi connectivity index (χ3n) is 2.50. The Balaban J connectivity index is 5.28. The largest absolute Gasteiger partial charge is 0.463 e. The lowest BCUT2D eigenvalue weighted by Crippen LogP contribution is -2.55. The molecular weight excluding hydrogens is 341 g/mol. The molecule has 0 saturated carbocycles. The number of hydrogen-bond acceptors (Lipinski definition) is 2. The highest BCUT2D eigenvalue weighted by molar-refractivity contribution is 9.09. The second kappa shape index (κ2) is 6.62. The van der Waals surface area contributed by atoms with Crippen molar-refractivity contribution in [2.75, 3.05) is 11.9 Å². The molecule has 9 heteroatoms. The molecule has 0 aromatic heterocycles. The van der Waals surface area contributed by atoms with Crippen molar-refractivity contribution in [1.82, 2.24) is 4.90 Å². The first-order valence-electron chi connectivity index (χ1n) is 5.32. The van der Waals surface area contributed by atoms with Crippen LogP contribution in [0.1, 0.15) is 20.3 Å². The lowest BCUT2D eigenvalue weighted by atomic mass is 10.1. The summed E-state index contributed by atoms with van der Waals surface area (Å²) in [6.07, 6.45) is -5.83. The smallest absolute Gasteiger partial charge is 0.327 e. The first-order valence-corrected chi connectivity index (χ1v) is 6.44. The number of carbonyl (C=O) groups excluding carboxylic acids is 2. The van der Waals surface area contributed by atoms with Crippen LogP contribution in [0.2, 0.25) is 0 Å². The Morgan fingerprint density at radius 3 is 2.00 bits per heavy atom. The van der Waals surface area contributed by atoms with Crippen molar-refractivity contribution in [2.24, 2.45) is 0 Å². The molecular formula is C10H13BrF5NO2. The van der Waals surface area contributed by atoms with E-state index >= 15 is 0 Å². The summed E-state index contributed by atoms with van der Waals surface area (Å²) in [4.78, 5) is 22.8. The van der Waals surface area contributed by atoms with Crippen LogP contribution >= 0.6 is 15.9 Å². The molecule has 0 aliphatic heterocycles. The lowest BCUT2D eigenvalue weighted by molar-refractivity contribution is -0.275. The van der Waals surface area contributed by atoms with E-state index in [0.29, 0.717) is 0 Å². The summed E-state index contributed by atoms with van der Waals surface area (Å²) in [5.74, 6) is -8.56. The normalized spacial score (nSPS) is 14.1. The average Bonchev–Trinajstić information content (AvgIpc) is 2.32. The fourth-order valence-electron chi connectivity index (χ4n) is 1.18. The number of amides is 1. The minimum absolute atomic E-state index is 0.148. The van der Waals surface area contributed by atoms with Crippen molar-refractivity contribution < 1.29 is 31.5 Å². The molecule has 19 heavy (non-hydrogen) atoms. The van der Waals surface area contributed by atoms with E-state index in [2.05, 4.69) is 15.9 Å². The Morgan fingerprint density at radius 1 is 1.21 bits per heavy atom. The topological polar surface area (TPSA) is 37.4 Å². The molecule has 0 N–H and O–H groups in total. The second-order valence-electron chi connectivity index (χ2n) is 3.93. The Labute approximate surface area is 115 Å². The van der Waals surface area contributed by atoms with Gasteiger partial charge in [0.2, 0.25) is 0 Å². The summed E-state index contributed by atoms with van der Waals surface area (Å²) < 4.78 is 62.4. The van der Waals surface area contributed by atoms with Gasteiger partial charge >= 0.3 is 18.0 Å². The third kappa shape index (κ3) is 4.39. The van der Waals surface area contributed by atoms with Gasteiger partial charge in [0.25, 0.3) is 0 Å². The number of alkyl halides is 6. The van der Waals surface area contributed by atoms with Crippen molar-refractivity contribution in [2.45, 2.75) is 38.4 Å². The molecule has 0 spiro atoms. The van der Waals surface area contributed by atoms with Crippen LogP contribution in [0, 0.1) is 0 Å². The summed E-state index contributed by atoms with van der Waals surface area (Å²) in [6.45, 7) is 2.02. The van der Waals surface area contributed by atoms with Gasteiger partial charge in [-0.2, -0.15) is 22.0 Å². The van der Waals surface area contributed by atoms with Gasteiger partial charge in [0, 0.05) is 6.04 Å². The van der Waals surface area contributed by atoms with Crippen LogP contribution in [0.4, 0.5) is 22.0 Å². The van der Waals surface area contributed by atoms with E-state index in [0.717, 1.165) is 0 Å². The van der Waals surface area contributed by atoms with Crippen molar-refractivity contribution in [1.29, 1.82) is 0 Å². The van der Waals surface area contributed by atoms with E-state index in [1.807, 2.05) is 0 Å². The van der Waals surface area contributed by atoms with Crippen molar-refractivity contribution in [3.05, 3.63) is 0 Å².